The Labute approximate surface area is 136 Å². The number of aromatic nitrogens is 1. The van der Waals surface area contributed by atoms with E-state index in [1.54, 1.807) is 18.3 Å². The number of carboxylic acid groups (broad SMARTS) is 1. The number of ether oxygens (including phenoxy) is 1. The maximum atomic E-state index is 11.0. The molecule has 1 aromatic carbocycles. The second-order valence-electron chi connectivity index (χ2n) is 5.61. The Hall–Kier alpha value is -1.57. The average Bonchev–Trinajstić information content (AvgIpc) is 2.86. The van der Waals surface area contributed by atoms with Crippen LogP contribution in [-0.4, -0.2) is 16.1 Å². The Kier molecular flexibility index (Phi) is 4.55. The van der Waals surface area contributed by atoms with Crippen molar-refractivity contribution in [1.82, 2.24) is 4.98 Å². The molecule has 2 rings (SSSR count). The molecule has 6 heteroatoms. The minimum Gasteiger partial charge on any atom is -0.483 e. The van der Waals surface area contributed by atoms with Crippen molar-refractivity contribution in [2.45, 2.75) is 32.8 Å². The SMILES string of the molecule is CC(C)(C)c1cnc(COc2cc(C(=O)O)ccc2I)o1. The minimum absolute atomic E-state index is 0.108. The molecule has 0 aliphatic heterocycles. The van der Waals surface area contributed by atoms with Gasteiger partial charge in [0.15, 0.2) is 6.61 Å². The lowest BCUT2D eigenvalue weighted by atomic mass is 9.94. The maximum absolute atomic E-state index is 11.0. The van der Waals surface area contributed by atoms with Gasteiger partial charge in [-0.15, -0.1) is 0 Å². The summed E-state index contributed by atoms with van der Waals surface area (Å²) < 4.78 is 12.1. The van der Waals surface area contributed by atoms with Gasteiger partial charge in [-0.05, 0) is 40.8 Å². The lowest BCUT2D eigenvalue weighted by Crippen LogP contribution is -2.09. The van der Waals surface area contributed by atoms with Gasteiger partial charge in [0.05, 0.1) is 15.3 Å². The summed E-state index contributed by atoms with van der Waals surface area (Å²) in [6, 6.07) is 4.74. The van der Waals surface area contributed by atoms with Gasteiger partial charge in [-0.3, -0.25) is 0 Å². The van der Waals surface area contributed by atoms with Gasteiger partial charge in [0.1, 0.15) is 11.5 Å². The number of benzene rings is 1. The van der Waals surface area contributed by atoms with Crippen LogP contribution in [-0.2, 0) is 12.0 Å². The number of hydrogen-bond donors (Lipinski definition) is 1. The molecule has 21 heavy (non-hydrogen) atoms. The van der Waals surface area contributed by atoms with Crippen molar-refractivity contribution in [3.8, 4) is 5.75 Å². The van der Waals surface area contributed by atoms with Crippen molar-refractivity contribution in [1.29, 1.82) is 0 Å². The van der Waals surface area contributed by atoms with Gasteiger partial charge >= 0.3 is 5.97 Å². The Morgan fingerprint density at radius 2 is 2.14 bits per heavy atom. The molecule has 0 fully saturated rings. The number of aromatic carboxylic acids is 1. The number of rotatable bonds is 4. The summed E-state index contributed by atoms with van der Waals surface area (Å²) >= 11 is 2.09. The predicted octanol–water partition coefficient (Wildman–Crippen LogP) is 3.85. The van der Waals surface area contributed by atoms with Crippen LogP contribution in [0.25, 0.3) is 0 Å². The first-order chi connectivity index (χ1) is 9.77. The van der Waals surface area contributed by atoms with Gasteiger partial charge in [-0.25, -0.2) is 9.78 Å². The third-order valence-electron chi connectivity index (χ3n) is 2.82. The first-order valence-corrected chi connectivity index (χ1v) is 7.46. The largest absolute Gasteiger partial charge is 0.483 e. The van der Waals surface area contributed by atoms with Gasteiger partial charge < -0.3 is 14.3 Å². The highest BCUT2D eigenvalue weighted by Crippen LogP contribution is 2.25. The van der Waals surface area contributed by atoms with E-state index in [1.807, 2.05) is 20.8 Å². The van der Waals surface area contributed by atoms with E-state index in [4.69, 9.17) is 14.3 Å². The number of carbonyl (C=O) groups is 1. The molecular formula is C15H16INO4. The highest BCUT2D eigenvalue weighted by Gasteiger charge is 2.19. The van der Waals surface area contributed by atoms with Gasteiger partial charge in [-0.2, -0.15) is 0 Å². The fourth-order valence-electron chi connectivity index (χ4n) is 1.61. The molecule has 0 radical (unpaired) electrons. The Balaban J connectivity index is 2.11. The standard InChI is InChI=1S/C15H16INO4/c1-15(2,3)12-7-17-13(21-12)8-20-11-6-9(14(18)19)4-5-10(11)16/h4-7H,8H2,1-3H3,(H,18,19). The molecule has 0 spiro atoms. The lowest BCUT2D eigenvalue weighted by Gasteiger charge is -2.13. The molecule has 2 aromatic rings. The molecule has 0 unspecified atom stereocenters. The number of oxazole rings is 1. The lowest BCUT2D eigenvalue weighted by molar-refractivity contribution is 0.0696. The van der Waals surface area contributed by atoms with Crippen LogP contribution in [0.15, 0.2) is 28.8 Å². The molecule has 0 bridgehead atoms. The predicted molar refractivity (Wildman–Crippen MR) is 85.7 cm³/mol. The van der Waals surface area contributed by atoms with E-state index in [0.29, 0.717) is 11.6 Å². The van der Waals surface area contributed by atoms with E-state index in [0.717, 1.165) is 9.33 Å². The fraction of sp³-hybridized carbons (Fsp3) is 0.333. The van der Waals surface area contributed by atoms with Gasteiger partial charge in [0.2, 0.25) is 5.89 Å². The second kappa shape index (κ2) is 6.05. The Morgan fingerprint density at radius 3 is 2.71 bits per heavy atom. The summed E-state index contributed by atoms with van der Waals surface area (Å²) in [5.41, 5.74) is 0.0799. The second-order valence-corrected chi connectivity index (χ2v) is 6.77. The molecular weight excluding hydrogens is 385 g/mol. The highest BCUT2D eigenvalue weighted by atomic mass is 127. The number of hydrogen-bond acceptors (Lipinski definition) is 4. The Morgan fingerprint density at radius 1 is 1.43 bits per heavy atom. The zero-order chi connectivity index (χ0) is 15.6. The summed E-state index contributed by atoms with van der Waals surface area (Å²) in [5, 5.41) is 8.99. The van der Waals surface area contributed by atoms with Crippen LogP contribution in [0, 0.1) is 3.57 Å². The first kappa shape index (κ1) is 15.8. The van der Waals surface area contributed by atoms with Crippen molar-refractivity contribution in [2.75, 3.05) is 0 Å². The third-order valence-corrected chi connectivity index (χ3v) is 3.71. The molecule has 0 atom stereocenters. The van der Waals surface area contributed by atoms with Crippen molar-refractivity contribution < 1.29 is 19.1 Å². The van der Waals surface area contributed by atoms with Gasteiger partial charge in [0, 0.05) is 5.41 Å². The van der Waals surface area contributed by atoms with Crippen molar-refractivity contribution in [3.05, 3.63) is 45.2 Å². The number of nitrogens with zero attached hydrogens (tertiary/aromatic N) is 1. The fourth-order valence-corrected chi connectivity index (χ4v) is 2.10. The van der Waals surface area contributed by atoms with Gasteiger partial charge in [-0.1, -0.05) is 20.8 Å². The summed E-state index contributed by atoms with van der Waals surface area (Å²) in [5.74, 6) is 0.778. The Bertz CT molecular complexity index is 658. The molecule has 0 saturated heterocycles. The number of halogens is 1. The van der Waals surface area contributed by atoms with E-state index in [9.17, 15) is 4.79 Å². The molecule has 0 aliphatic carbocycles. The van der Waals surface area contributed by atoms with E-state index in [2.05, 4.69) is 27.6 Å². The molecule has 1 heterocycles. The van der Waals surface area contributed by atoms with Crippen LogP contribution in [0.5, 0.6) is 5.75 Å². The van der Waals surface area contributed by atoms with Crippen LogP contribution in [0.3, 0.4) is 0 Å². The maximum Gasteiger partial charge on any atom is 0.335 e. The molecule has 5 nitrogen and oxygen atoms in total. The normalized spacial score (nSPS) is 11.4. The monoisotopic (exact) mass is 401 g/mol. The number of carboxylic acids is 1. The smallest absolute Gasteiger partial charge is 0.335 e. The van der Waals surface area contributed by atoms with E-state index < -0.39 is 5.97 Å². The van der Waals surface area contributed by atoms with E-state index in [1.165, 1.54) is 6.07 Å². The highest BCUT2D eigenvalue weighted by molar-refractivity contribution is 14.1. The molecule has 0 amide bonds. The van der Waals surface area contributed by atoms with E-state index in [-0.39, 0.29) is 17.6 Å². The van der Waals surface area contributed by atoms with Crippen LogP contribution in [0.4, 0.5) is 0 Å². The minimum atomic E-state index is -0.984. The summed E-state index contributed by atoms with van der Waals surface area (Å²) in [4.78, 5) is 15.1. The van der Waals surface area contributed by atoms with Crippen molar-refractivity contribution >= 4 is 28.6 Å². The quantitative estimate of drug-likeness (QED) is 0.788. The van der Waals surface area contributed by atoms with Crippen molar-refractivity contribution in [2.24, 2.45) is 0 Å². The average molecular weight is 401 g/mol. The zero-order valence-corrected chi connectivity index (χ0v) is 14.2. The zero-order valence-electron chi connectivity index (χ0n) is 12.0. The molecule has 0 aliphatic rings. The molecule has 0 saturated carbocycles. The van der Waals surface area contributed by atoms with Crippen molar-refractivity contribution in [3.63, 3.8) is 0 Å². The molecule has 112 valence electrons. The van der Waals surface area contributed by atoms with E-state index >= 15 is 0 Å². The summed E-state index contributed by atoms with van der Waals surface area (Å²) in [6.07, 6.45) is 1.69. The summed E-state index contributed by atoms with van der Waals surface area (Å²) in [7, 11) is 0. The van der Waals surface area contributed by atoms with Gasteiger partial charge in [0.25, 0.3) is 0 Å². The third kappa shape index (κ3) is 3.96. The summed E-state index contributed by atoms with van der Waals surface area (Å²) in [6.45, 7) is 6.28. The van der Waals surface area contributed by atoms with Crippen LogP contribution >= 0.6 is 22.6 Å². The molecule has 1 aromatic heterocycles. The molecule has 1 N–H and O–H groups in total. The first-order valence-electron chi connectivity index (χ1n) is 6.38. The van der Waals surface area contributed by atoms with Crippen LogP contribution < -0.4 is 4.74 Å². The van der Waals surface area contributed by atoms with Crippen LogP contribution in [0.2, 0.25) is 0 Å². The topological polar surface area (TPSA) is 72.6 Å². The van der Waals surface area contributed by atoms with Crippen LogP contribution in [0.1, 0.15) is 42.8 Å².